The topological polar surface area (TPSA) is 52.7 Å². The zero-order valence-electron chi connectivity index (χ0n) is 12.7. The van der Waals surface area contributed by atoms with Gasteiger partial charge in [0.15, 0.2) is 0 Å². The Kier molecular flexibility index (Phi) is 5.33. The number of para-hydroxylation sites is 1. The fourth-order valence-electron chi connectivity index (χ4n) is 2.65. The first-order valence-electron chi connectivity index (χ1n) is 7.37. The highest BCUT2D eigenvalue weighted by Crippen LogP contribution is 2.15. The molecule has 1 N–H and O–H groups in total. The van der Waals surface area contributed by atoms with E-state index in [1.54, 1.807) is 11.8 Å². The van der Waals surface area contributed by atoms with E-state index in [-0.39, 0.29) is 11.8 Å². The number of nitrogens with zero attached hydrogens (tertiary/aromatic N) is 2. The van der Waals surface area contributed by atoms with Gasteiger partial charge in [0, 0.05) is 38.8 Å². The van der Waals surface area contributed by atoms with Crippen LogP contribution in [0, 0.1) is 0 Å². The summed E-state index contributed by atoms with van der Waals surface area (Å²) in [5.74, 6) is 0.120. The summed E-state index contributed by atoms with van der Waals surface area (Å²) >= 11 is 0. The number of nitrogens with one attached hydrogen (secondary N) is 1. The van der Waals surface area contributed by atoms with E-state index in [1.807, 2.05) is 37.4 Å². The molecular weight excluding hydrogens is 266 g/mol. The van der Waals surface area contributed by atoms with Gasteiger partial charge in [-0.25, -0.2) is 0 Å². The van der Waals surface area contributed by atoms with Crippen LogP contribution in [0.2, 0.25) is 0 Å². The number of amides is 2. The Labute approximate surface area is 125 Å². The molecule has 114 valence electrons. The molecule has 1 aliphatic rings. The van der Waals surface area contributed by atoms with Gasteiger partial charge in [-0.2, -0.15) is 0 Å². The Morgan fingerprint density at radius 1 is 1.24 bits per heavy atom. The molecule has 1 aromatic carbocycles. The first-order valence-corrected chi connectivity index (χ1v) is 7.37. The lowest BCUT2D eigenvalue weighted by Crippen LogP contribution is -2.46. The maximum atomic E-state index is 12.0. The standard InChI is InChI=1S/C16H23N3O2/c1-13(20)18(2)15-8-10-19(11-9-15)12-16(21)17-14-6-4-3-5-7-14/h3-7,15H,8-12H2,1-2H3,(H,17,21). The fraction of sp³-hybridized carbons (Fsp3) is 0.500. The number of benzene rings is 1. The first kappa shape index (κ1) is 15.5. The smallest absolute Gasteiger partial charge is 0.238 e. The van der Waals surface area contributed by atoms with Gasteiger partial charge in [0.25, 0.3) is 0 Å². The minimum absolute atomic E-state index is 0.0135. The van der Waals surface area contributed by atoms with Crippen LogP contribution in [0.15, 0.2) is 30.3 Å². The monoisotopic (exact) mass is 289 g/mol. The summed E-state index contributed by atoms with van der Waals surface area (Å²) in [6, 6.07) is 9.79. The molecule has 0 spiro atoms. The number of piperidine rings is 1. The molecule has 5 heteroatoms. The van der Waals surface area contributed by atoms with Gasteiger partial charge in [-0.1, -0.05) is 18.2 Å². The van der Waals surface area contributed by atoms with Crippen LogP contribution in [0.25, 0.3) is 0 Å². The number of carbonyl (C=O) groups is 2. The molecule has 0 radical (unpaired) electrons. The van der Waals surface area contributed by atoms with Crippen molar-refractivity contribution in [1.82, 2.24) is 9.80 Å². The highest BCUT2D eigenvalue weighted by atomic mass is 16.2. The molecule has 0 unspecified atom stereocenters. The molecule has 1 aliphatic heterocycles. The molecule has 0 aromatic heterocycles. The van der Waals surface area contributed by atoms with E-state index < -0.39 is 0 Å². The Bertz CT molecular complexity index is 482. The molecule has 1 heterocycles. The van der Waals surface area contributed by atoms with E-state index in [0.717, 1.165) is 31.6 Å². The minimum atomic E-state index is 0.0135. The minimum Gasteiger partial charge on any atom is -0.343 e. The number of likely N-dealkylation sites (tertiary alicyclic amines) is 1. The van der Waals surface area contributed by atoms with Crippen molar-refractivity contribution in [3.63, 3.8) is 0 Å². The quantitative estimate of drug-likeness (QED) is 0.915. The SMILES string of the molecule is CC(=O)N(C)C1CCN(CC(=O)Nc2ccccc2)CC1. The number of hydrogen-bond acceptors (Lipinski definition) is 3. The molecule has 5 nitrogen and oxygen atoms in total. The zero-order chi connectivity index (χ0) is 15.2. The van der Waals surface area contributed by atoms with Crippen LogP contribution in [0.5, 0.6) is 0 Å². The van der Waals surface area contributed by atoms with Gasteiger partial charge >= 0.3 is 0 Å². The third kappa shape index (κ3) is 4.56. The molecule has 0 aliphatic carbocycles. The van der Waals surface area contributed by atoms with Crippen LogP contribution < -0.4 is 5.32 Å². The molecule has 0 saturated carbocycles. The molecule has 2 rings (SSSR count). The van der Waals surface area contributed by atoms with E-state index in [2.05, 4.69) is 10.2 Å². The molecule has 2 amide bonds. The van der Waals surface area contributed by atoms with Gasteiger partial charge in [-0.05, 0) is 25.0 Å². The lowest BCUT2D eigenvalue weighted by atomic mass is 10.0. The highest BCUT2D eigenvalue weighted by molar-refractivity contribution is 5.92. The van der Waals surface area contributed by atoms with Crippen molar-refractivity contribution < 1.29 is 9.59 Å². The molecule has 1 saturated heterocycles. The van der Waals surface area contributed by atoms with E-state index in [4.69, 9.17) is 0 Å². The summed E-state index contributed by atoms with van der Waals surface area (Å²) in [6.45, 7) is 3.71. The maximum absolute atomic E-state index is 12.0. The molecule has 1 aromatic rings. The summed E-state index contributed by atoms with van der Waals surface area (Å²) in [6.07, 6.45) is 1.85. The van der Waals surface area contributed by atoms with Crippen molar-refractivity contribution >= 4 is 17.5 Å². The molecular formula is C16H23N3O2. The summed E-state index contributed by atoms with van der Waals surface area (Å²) in [7, 11) is 1.85. The lowest BCUT2D eigenvalue weighted by molar-refractivity contribution is -0.130. The van der Waals surface area contributed by atoms with Crippen LogP contribution in [0.4, 0.5) is 5.69 Å². The Morgan fingerprint density at radius 3 is 2.43 bits per heavy atom. The van der Waals surface area contributed by atoms with Crippen molar-refractivity contribution in [3.8, 4) is 0 Å². The Balaban J connectivity index is 1.76. The zero-order valence-corrected chi connectivity index (χ0v) is 12.7. The Hall–Kier alpha value is -1.88. The second-order valence-corrected chi connectivity index (χ2v) is 5.55. The van der Waals surface area contributed by atoms with Crippen molar-refractivity contribution in [1.29, 1.82) is 0 Å². The van der Waals surface area contributed by atoms with E-state index in [0.29, 0.717) is 12.6 Å². The van der Waals surface area contributed by atoms with Crippen LogP contribution in [0.3, 0.4) is 0 Å². The molecule has 0 atom stereocenters. The largest absolute Gasteiger partial charge is 0.343 e. The number of rotatable bonds is 4. The molecule has 1 fully saturated rings. The van der Waals surface area contributed by atoms with E-state index in [9.17, 15) is 9.59 Å². The second kappa shape index (κ2) is 7.22. The van der Waals surface area contributed by atoms with Crippen LogP contribution in [-0.4, -0.2) is 54.3 Å². The third-order valence-corrected chi connectivity index (χ3v) is 4.03. The summed E-state index contributed by atoms with van der Waals surface area (Å²) < 4.78 is 0. The summed E-state index contributed by atoms with van der Waals surface area (Å²) in [5, 5.41) is 2.90. The summed E-state index contributed by atoms with van der Waals surface area (Å²) in [5.41, 5.74) is 0.827. The van der Waals surface area contributed by atoms with Gasteiger partial charge in [0.1, 0.15) is 0 Å². The normalized spacial score (nSPS) is 16.5. The van der Waals surface area contributed by atoms with Crippen LogP contribution in [-0.2, 0) is 9.59 Å². The van der Waals surface area contributed by atoms with Gasteiger partial charge in [-0.15, -0.1) is 0 Å². The van der Waals surface area contributed by atoms with Gasteiger partial charge in [-0.3, -0.25) is 14.5 Å². The van der Waals surface area contributed by atoms with Gasteiger partial charge in [0.2, 0.25) is 11.8 Å². The molecule has 0 bridgehead atoms. The molecule has 21 heavy (non-hydrogen) atoms. The Morgan fingerprint density at radius 2 is 1.86 bits per heavy atom. The third-order valence-electron chi connectivity index (χ3n) is 4.03. The van der Waals surface area contributed by atoms with Crippen molar-refractivity contribution in [2.45, 2.75) is 25.8 Å². The van der Waals surface area contributed by atoms with E-state index in [1.165, 1.54) is 0 Å². The average Bonchev–Trinajstić information content (AvgIpc) is 2.48. The number of carbonyl (C=O) groups excluding carboxylic acids is 2. The highest BCUT2D eigenvalue weighted by Gasteiger charge is 2.24. The van der Waals surface area contributed by atoms with Crippen molar-refractivity contribution in [3.05, 3.63) is 30.3 Å². The fourth-order valence-corrected chi connectivity index (χ4v) is 2.65. The number of anilines is 1. The predicted molar refractivity (Wildman–Crippen MR) is 83.0 cm³/mol. The van der Waals surface area contributed by atoms with Gasteiger partial charge in [0.05, 0.1) is 6.54 Å². The predicted octanol–water partition coefficient (Wildman–Crippen LogP) is 1.57. The van der Waals surface area contributed by atoms with Crippen molar-refractivity contribution in [2.75, 3.05) is 32.0 Å². The maximum Gasteiger partial charge on any atom is 0.238 e. The van der Waals surface area contributed by atoms with Crippen LogP contribution >= 0.6 is 0 Å². The number of hydrogen-bond donors (Lipinski definition) is 1. The first-order chi connectivity index (χ1) is 10.1. The van der Waals surface area contributed by atoms with Gasteiger partial charge < -0.3 is 10.2 Å². The average molecular weight is 289 g/mol. The summed E-state index contributed by atoms with van der Waals surface area (Å²) in [4.78, 5) is 27.3. The second-order valence-electron chi connectivity index (χ2n) is 5.55. The lowest BCUT2D eigenvalue weighted by Gasteiger charge is -2.36. The van der Waals surface area contributed by atoms with E-state index >= 15 is 0 Å². The van der Waals surface area contributed by atoms with Crippen LogP contribution in [0.1, 0.15) is 19.8 Å². The van der Waals surface area contributed by atoms with Crippen molar-refractivity contribution in [2.24, 2.45) is 0 Å².